The first-order valence-corrected chi connectivity index (χ1v) is 10.1. The summed E-state index contributed by atoms with van der Waals surface area (Å²) in [6, 6.07) is 36.4. The topological polar surface area (TPSA) is 0 Å². The second-order valence-corrected chi connectivity index (χ2v) is 6.95. The number of halogens is 1. The molecule has 0 radical (unpaired) electrons. The summed E-state index contributed by atoms with van der Waals surface area (Å²) in [4.78, 5) is 0. The third kappa shape index (κ3) is 4.75. The Bertz CT molecular complexity index is 914. The number of rotatable bonds is 3. The molecule has 27 heavy (non-hydrogen) atoms. The molecular weight excluding hydrogens is 392 g/mol. The zero-order valence-electron chi connectivity index (χ0n) is 15.7. The largest absolute Gasteiger partial charge is 0.0683 e. The van der Waals surface area contributed by atoms with Crippen LogP contribution in [0.1, 0.15) is 13.8 Å². The van der Waals surface area contributed by atoms with Crippen LogP contribution in [0.5, 0.6) is 0 Å². The standard InChI is InChI=1S/C24H17Br.C2H6/c25-24-13-11-20(12-14-24)23-16-21(18-7-3-1-4-8-18)15-22(17-23)19-9-5-2-6-10-19;1-2/h1-17H;1-2H3. The summed E-state index contributed by atoms with van der Waals surface area (Å²) in [5, 5.41) is 0. The lowest BCUT2D eigenvalue weighted by Crippen LogP contribution is -1.86. The number of benzene rings is 4. The molecule has 0 nitrogen and oxygen atoms in total. The van der Waals surface area contributed by atoms with Crippen LogP contribution in [0.2, 0.25) is 0 Å². The predicted molar refractivity (Wildman–Crippen MR) is 122 cm³/mol. The van der Waals surface area contributed by atoms with E-state index in [0.717, 1.165) is 4.47 Å². The smallest absolute Gasteiger partial charge is 0.0175 e. The molecule has 4 aromatic rings. The molecule has 0 saturated heterocycles. The highest BCUT2D eigenvalue weighted by Gasteiger charge is 2.07. The van der Waals surface area contributed by atoms with Gasteiger partial charge in [0.1, 0.15) is 0 Å². The minimum atomic E-state index is 1.10. The van der Waals surface area contributed by atoms with Gasteiger partial charge in [-0.2, -0.15) is 0 Å². The van der Waals surface area contributed by atoms with Crippen LogP contribution in [-0.4, -0.2) is 0 Å². The number of hydrogen-bond acceptors (Lipinski definition) is 0. The Labute approximate surface area is 170 Å². The van der Waals surface area contributed by atoms with Crippen LogP contribution in [0.15, 0.2) is 108 Å². The maximum atomic E-state index is 3.52. The maximum Gasteiger partial charge on any atom is 0.0175 e. The zero-order chi connectivity index (χ0) is 19.1. The summed E-state index contributed by atoms with van der Waals surface area (Å²) in [7, 11) is 0. The molecule has 0 fully saturated rings. The van der Waals surface area contributed by atoms with Crippen molar-refractivity contribution < 1.29 is 0 Å². The second kappa shape index (κ2) is 9.34. The molecule has 0 aromatic heterocycles. The molecule has 0 heterocycles. The van der Waals surface area contributed by atoms with E-state index in [2.05, 4.69) is 119 Å². The van der Waals surface area contributed by atoms with E-state index < -0.39 is 0 Å². The van der Waals surface area contributed by atoms with Crippen molar-refractivity contribution in [2.75, 3.05) is 0 Å². The zero-order valence-corrected chi connectivity index (χ0v) is 17.3. The van der Waals surface area contributed by atoms with Crippen LogP contribution in [0.4, 0.5) is 0 Å². The fraction of sp³-hybridized carbons (Fsp3) is 0.0769. The minimum Gasteiger partial charge on any atom is -0.0683 e. The highest BCUT2D eigenvalue weighted by Crippen LogP contribution is 2.33. The van der Waals surface area contributed by atoms with Gasteiger partial charge >= 0.3 is 0 Å². The lowest BCUT2D eigenvalue weighted by molar-refractivity contribution is 1.50. The van der Waals surface area contributed by atoms with Gasteiger partial charge in [-0.1, -0.05) is 103 Å². The van der Waals surface area contributed by atoms with Crippen LogP contribution in [0.3, 0.4) is 0 Å². The Morgan fingerprint density at radius 3 is 1.11 bits per heavy atom. The van der Waals surface area contributed by atoms with Crippen molar-refractivity contribution >= 4 is 15.9 Å². The molecule has 0 N–H and O–H groups in total. The van der Waals surface area contributed by atoms with Crippen LogP contribution in [0, 0.1) is 0 Å². The Morgan fingerprint density at radius 1 is 0.407 bits per heavy atom. The molecule has 0 aliphatic heterocycles. The first-order valence-electron chi connectivity index (χ1n) is 9.31. The molecule has 0 aliphatic rings. The van der Waals surface area contributed by atoms with Gasteiger partial charge in [-0.05, 0) is 63.7 Å². The molecular formula is C26H23Br. The van der Waals surface area contributed by atoms with Gasteiger partial charge in [-0.3, -0.25) is 0 Å². The molecule has 4 aromatic carbocycles. The average Bonchev–Trinajstić information content (AvgIpc) is 2.76. The molecule has 0 spiro atoms. The first kappa shape index (κ1) is 19.1. The normalized spacial score (nSPS) is 10.0. The first-order chi connectivity index (χ1) is 13.3. The van der Waals surface area contributed by atoms with Gasteiger partial charge in [0.15, 0.2) is 0 Å². The van der Waals surface area contributed by atoms with Gasteiger partial charge in [0.25, 0.3) is 0 Å². The van der Waals surface area contributed by atoms with Crippen LogP contribution >= 0.6 is 15.9 Å². The third-order valence-electron chi connectivity index (χ3n) is 4.32. The number of hydrogen-bond donors (Lipinski definition) is 0. The van der Waals surface area contributed by atoms with Gasteiger partial charge in [0.2, 0.25) is 0 Å². The summed E-state index contributed by atoms with van der Waals surface area (Å²) in [5.41, 5.74) is 7.39. The van der Waals surface area contributed by atoms with E-state index >= 15 is 0 Å². The molecule has 0 amide bonds. The molecule has 0 saturated carbocycles. The lowest BCUT2D eigenvalue weighted by Gasteiger charge is -2.11. The molecule has 0 atom stereocenters. The van der Waals surface area contributed by atoms with E-state index in [-0.39, 0.29) is 0 Å². The van der Waals surface area contributed by atoms with E-state index in [9.17, 15) is 0 Å². The van der Waals surface area contributed by atoms with Crippen molar-refractivity contribution in [1.82, 2.24) is 0 Å². The molecule has 1 heteroatoms. The maximum absolute atomic E-state index is 3.52. The van der Waals surface area contributed by atoms with E-state index in [4.69, 9.17) is 0 Å². The van der Waals surface area contributed by atoms with E-state index in [1.165, 1.54) is 33.4 Å². The van der Waals surface area contributed by atoms with Crippen LogP contribution in [-0.2, 0) is 0 Å². The quantitative estimate of drug-likeness (QED) is 0.315. The summed E-state index contributed by atoms with van der Waals surface area (Å²) in [6.07, 6.45) is 0. The monoisotopic (exact) mass is 414 g/mol. The summed E-state index contributed by atoms with van der Waals surface area (Å²) >= 11 is 3.52. The van der Waals surface area contributed by atoms with Gasteiger partial charge in [-0.25, -0.2) is 0 Å². The molecule has 0 bridgehead atoms. The van der Waals surface area contributed by atoms with Crippen LogP contribution < -0.4 is 0 Å². The van der Waals surface area contributed by atoms with Gasteiger partial charge in [0.05, 0.1) is 0 Å². The summed E-state index contributed by atoms with van der Waals surface area (Å²) in [6.45, 7) is 4.00. The van der Waals surface area contributed by atoms with Crippen LogP contribution in [0.25, 0.3) is 33.4 Å². The Hall–Kier alpha value is -2.64. The average molecular weight is 415 g/mol. The highest BCUT2D eigenvalue weighted by atomic mass is 79.9. The summed E-state index contributed by atoms with van der Waals surface area (Å²) in [5.74, 6) is 0. The highest BCUT2D eigenvalue weighted by molar-refractivity contribution is 9.10. The third-order valence-corrected chi connectivity index (χ3v) is 4.85. The molecule has 0 aliphatic carbocycles. The Morgan fingerprint density at radius 2 is 0.741 bits per heavy atom. The fourth-order valence-corrected chi connectivity index (χ4v) is 3.30. The van der Waals surface area contributed by atoms with E-state index in [0.29, 0.717) is 0 Å². The molecule has 134 valence electrons. The van der Waals surface area contributed by atoms with E-state index in [1.54, 1.807) is 0 Å². The Balaban J connectivity index is 0.00000102. The molecule has 0 unspecified atom stereocenters. The minimum absolute atomic E-state index is 1.10. The predicted octanol–water partition coefficient (Wildman–Crippen LogP) is 8.48. The van der Waals surface area contributed by atoms with Gasteiger partial charge < -0.3 is 0 Å². The van der Waals surface area contributed by atoms with Crippen molar-refractivity contribution in [3.05, 3.63) is 108 Å². The van der Waals surface area contributed by atoms with Gasteiger partial charge in [-0.15, -0.1) is 0 Å². The van der Waals surface area contributed by atoms with Crippen molar-refractivity contribution in [3.63, 3.8) is 0 Å². The summed E-state index contributed by atoms with van der Waals surface area (Å²) < 4.78 is 1.10. The van der Waals surface area contributed by atoms with Crippen molar-refractivity contribution in [2.24, 2.45) is 0 Å². The SMILES string of the molecule is Brc1ccc(-c2cc(-c3ccccc3)cc(-c3ccccc3)c2)cc1.CC. The van der Waals surface area contributed by atoms with Crippen molar-refractivity contribution in [3.8, 4) is 33.4 Å². The Kier molecular flexibility index (Phi) is 6.62. The second-order valence-electron chi connectivity index (χ2n) is 6.04. The molecule has 4 rings (SSSR count). The lowest BCUT2D eigenvalue weighted by atomic mass is 9.93. The van der Waals surface area contributed by atoms with Gasteiger partial charge in [0, 0.05) is 4.47 Å². The van der Waals surface area contributed by atoms with Crippen molar-refractivity contribution in [1.29, 1.82) is 0 Å². The fourth-order valence-electron chi connectivity index (χ4n) is 3.03. The van der Waals surface area contributed by atoms with E-state index in [1.807, 2.05) is 13.8 Å². The van der Waals surface area contributed by atoms with Crippen molar-refractivity contribution in [2.45, 2.75) is 13.8 Å².